The molecule has 0 saturated heterocycles. The number of hydrogen-bond donors (Lipinski definition) is 1. The molecule has 0 saturated carbocycles. The number of aromatic nitrogens is 2. The van der Waals surface area contributed by atoms with Gasteiger partial charge in [0.25, 0.3) is 10.0 Å². The highest BCUT2D eigenvalue weighted by Gasteiger charge is 2.21. The van der Waals surface area contributed by atoms with Crippen molar-refractivity contribution >= 4 is 15.8 Å². The molecule has 0 amide bonds. The molecule has 20 heavy (non-hydrogen) atoms. The van der Waals surface area contributed by atoms with Gasteiger partial charge in [-0.15, -0.1) is 0 Å². The smallest absolute Gasteiger partial charge is 0.266 e. The maximum Gasteiger partial charge on any atom is 0.266 e. The Balaban J connectivity index is 2.45. The van der Waals surface area contributed by atoms with E-state index in [-0.39, 0.29) is 10.6 Å². The molecule has 0 radical (unpaired) electrons. The van der Waals surface area contributed by atoms with Crippen LogP contribution in [-0.4, -0.2) is 32.4 Å². The van der Waals surface area contributed by atoms with E-state index in [4.69, 9.17) is 9.47 Å². The topological polar surface area (TPSA) is 82.4 Å². The number of methoxy groups -OCH3 is 2. The number of rotatable bonds is 5. The maximum atomic E-state index is 12.4. The molecule has 0 bridgehead atoms. The number of nitrogens with zero attached hydrogens (tertiary/aromatic N) is 2. The van der Waals surface area contributed by atoms with Gasteiger partial charge < -0.3 is 9.47 Å². The summed E-state index contributed by atoms with van der Waals surface area (Å²) < 4.78 is 38.8. The number of hydrogen-bond acceptors (Lipinski definition) is 5. The van der Waals surface area contributed by atoms with Crippen LogP contribution in [-0.2, 0) is 17.1 Å². The van der Waals surface area contributed by atoms with E-state index in [1.165, 1.54) is 37.2 Å². The van der Waals surface area contributed by atoms with Crippen LogP contribution in [0.4, 0.5) is 5.82 Å². The molecule has 2 rings (SSSR count). The fraction of sp³-hybridized carbons (Fsp3) is 0.250. The van der Waals surface area contributed by atoms with Crippen molar-refractivity contribution in [3.8, 4) is 11.5 Å². The molecule has 0 unspecified atom stereocenters. The molecule has 108 valence electrons. The Kier molecular flexibility index (Phi) is 3.84. The Morgan fingerprint density at radius 3 is 2.50 bits per heavy atom. The van der Waals surface area contributed by atoms with Crippen LogP contribution in [0.2, 0.25) is 0 Å². The van der Waals surface area contributed by atoms with Gasteiger partial charge in [-0.2, -0.15) is 5.10 Å². The molecule has 7 nitrogen and oxygen atoms in total. The molecule has 1 heterocycles. The Bertz CT molecular complexity index is 709. The van der Waals surface area contributed by atoms with Crippen molar-refractivity contribution in [1.82, 2.24) is 9.78 Å². The van der Waals surface area contributed by atoms with Gasteiger partial charge in [0.1, 0.15) is 22.2 Å². The lowest BCUT2D eigenvalue weighted by atomic mass is 10.3. The second-order valence-electron chi connectivity index (χ2n) is 3.96. The lowest BCUT2D eigenvalue weighted by molar-refractivity contribution is 0.392. The molecular weight excluding hydrogens is 282 g/mol. The van der Waals surface area contributed by atoms with Crippen LogP contribution in [0.25, 0.3) is 0 Å². The predicted octanol–water partition coefficient (Wildman–Crippen LogP) is 1.24. The largest absolute Gasteiger partial charge is 0.497 e. The lowest BCUT2D eigenvalue weighted by Gasteiger charge is -2.12. The van der Waals surface area contributed by atoms with Gasteiger partial charge in [0.05, 0.1) is 20.4 Å². The van der Waals surface area contributed by atoms with Crippen molar-refractivity contribution in [2.24, 2.45) is 7.05 Å². The molecule has 0 spiro atoms. The average molecular weight is 297 g/mol. The van der Waals surface area contributed by atoms with Crippen molar-refractivity contribution in [2.45, 2.75) is 4.90 Å². The van der Waals surface area contributed by atoms with E-state index in [9.17, 15) is 8.42 Å². The zero-order valence-electron chi connectivity index (χ0n) is 11.3. The first-order valence-electron chi connectivity index (χ1n) is 5.71. The van der Waals surface area contributed by atoms with Crippen LogP contribution < -0.4 is 14.2 Å². The van der Waals surface area contributed by atoms with Gasteiger partial charge in [0.2, 0.25) is 0 Å². The summed E-state index contributed by atoms with van der Waals surface area (Å²) in [7, 11) is 0.715. The SMILES string of the molecule is COc1ccc(OC)c(S(=O)(=O)Nc2ccnn2C)c1. The van der Waals surface area contributed by atoms with Crippen molar-refractivity contribution in [3.05, 3.63) is 30.5 Å². The van der Waals surface area contributed by atoms with Gasteiger partial charge in [-0.3, -0.25) is 9.40 Å². The fourth-order valence-electron chi connectivity index (χ4n) is 1.66. The van der Waals surface area contributed by atoms with Crippen molar-refractivity contribution < 1.29 is 17.9 Å². The van der Waals surface area contributed by atoms with Crippen LogP contribution >= 0.6 is 0 Å². The molecule has 1 N–H and O–H groups in total. The number of benzene rings is 1. The number of sulfonamides is 1. The van der Waals surface area contributed by atoms with Crippen LogP contribution in [0.3, 0.4) is 0 Å². The third-order valence-corrected chi connectivity index (χ3v) is 4.10. The van der Waals surface area contributed by atoms with Gasteiger partial charge in [0.15, 0.2) is 0 Å². The monoisotopic (exact) mass is 297 g/mol. The third kappa shape index (κ3) is 2.69. The van der Waals surface area contributed by atoms with E-state index in [0.29, 0.717) is 11.6 Å². The zero-order chi connectivity index (χ0) is 14.8. The number of aryl methyl sites for hydroxylation is 1. The Hall–Kier alpha value is -2.22. The molecule has 0 atom stereocenters. The number of ether oxygens (including phenoxy) is 2. The van der Waals surface area contributed by atoms with Crippen molar-refractivity contribution in [3.63, 3.8) is 0 Å². The molecule has 1 aromatic heterocycles. The summed E-state index contributed by atoms with van der Waals surface area (Å²) in [5.41, 5.74) is 0. The van der Waals surface area contributed by atoms with Gasteiger partial charge in [-0.25, -0.2) is 8.42 Å². The first-order valence-corrected chi connectivity index (χ1v) is 7.19. The highest BCUT2D eigenvalue weighted by atomic mass is 32.2. The molecule has 2 aromatic rings. The fourth-order valence-corrected chi connectivity index (χ4v) is 2.93. The van der Waals surface area contributed by atoms with Crippen LogP contribution in [0, 0.1) is 0 Å². The Morgan fingerprint density at radius 1 is 1.20 bits per heavy atom. The molecule has 0 aliphatic rings. The summed E-state index contributed by atoms with van der Waals surface area (Å²) in [5.74, 6) is 1.02. The number of anilines is 1. The first-order chi connectivity index (χ1) is 9.47. The van der Waals surface area contributed by atoms with E-state index in [1.807, 2.05) is 0 Å². The quantitative estimate of drug-likeness (QED) is 0.897. The molecular formula is C12H15N3O4S. The molecule has 1 aromatic carbocycles. The second kappa shape index (κ2) is 5.41. The van der Waals surface area contributed by atoms with Crippen molar-refractivity contribution in [2.75, 3.05) is 18.9 Å². The summed E-state index contributed by atoms with van der Waals surface area (Å²) in [6.07, 6.45) is 1.50. The van der Waals surface area contributed by atoms with E-state index < -0.39 is 10.0 Å². The first kappa shape index (κ1) is 14.2. The van der Waals surface area contributed by atoms with Gasteiger partial charge in [-0.1, -0.05) is 0 Å². The zero-order valence-corrected chi connectivity index (χ0v) is 12.1. The highest BCUT2D eigenvalue weighted by Crippen LogP contribution is 2.29. The van der Waals surface area contributed by atoms with E-state index in [2.05, 4.69) is 9.82 Å². The molecule has 0 fully saturated rings. The standard InChI is InChI=1S/C12H15N3O4S/c1-15-12(6-7-13-15)14-20(16,17)11-8-9(18-2)4-5-10(11)19-3/h4-8,14H,1-3H3. The Morgan fingerprint density at radius 2 is 1.95 bits per heavy atom. The highest BCUT2D eigenvalue weighted by molar-refractivity contribution is 7.92. The van der Waals surface area contributed by atoms with Gasteiger partial charge in [0, 0.05) is 19.2 Å². The summed E-state index contributed by atoms with van der Waals surface area (Å²) >= 11 is 0. The maximum absolute atomic E-state index is 12.4. The van der Waals surface area contributed by atoms with Crippen LogP contribution in [0.15, 0.2) is 35.4 Å². The minimum atomic E-state index is -3.80. The summed E-state index contributed by atoms with van der Waals surface area (Å²) in [6, 6.07) is 6.13. The molecule has 0 aliphatic carbocycles. The number of nitrogens with one attached hydrogen (secondary N) is 1. The van der Waals surface area contributed by atoms with Crippen LogP contribution in [0.5, 0.6) is 11.5 Å². The molecule has 0 aliphatic heterocycles. The van der Waals surface area contributed by atoms with Crippen LogP contribution in [0.1, 0.15) is 0 Å². The summed E-state index contributed by atoms with van der Waals surface area (Å²) in [5, 5.41) is 3.90. The predicted molar refractivity (Wildman–Crippen MR) is 73.6 cm³/mol. The van der Waals surface area contributed by atoms with E-state index in [0.717, 1.165) is 0 Å². The lowest BCUT2D eigenvalue weighted by Crippen LogP contribution is -2.16. The third-order valence-electron chi connectivity index (χ3n) is 2.72. The van der Waals surface area contributed by atoms with E-state index >= 15 is 0 Å². The minimum Gasteiger partial charge on any atom is -0.497 e. The normalized spacial score (nSPS) is 11.2. The Labute approximate surface area is 117 Å². The summed E-state index contributed by atoms with van der Waals surface area (Å²) in [4.78, 5) is 0.000509. The van der Waals surface area contributed by atoms with Gasteiger partial charge in [-0.05, 0) is 12.1 Å². The summed E-state index contributed by atoms with van der Waals surface area (Å²) in [6.45, 7) is 0. The second-order valence-corrected chi connectivity index (χ2v) is 5.61. The minimum absolute atomic E-state index is 0.000509. The average Bonchev–Trinajstić information content (AvgIpc) is 2.83. The van der Waals surface area contributed by atoms with Gasteiger partial charge >= 0.3 is 0 Å². The van der Waals surface area contributed by atoms with Crippen molar-refractivity contribution in [1.29, 1.82) is 0 Å². The molecule has 8 heteroatoms. The van der Waals surface area contributed by atoms with E-state index in [1.54, 1.807) is 19.2 Å².